The number of hydrogen-bond acceptors (Lipinski definition) is 7. The van der Waals surface area contributed by atoms with Crippen LogP contribution in [0.2, 0.25) is 5.02 Å². The number of halogens is 1. The Hall–Kier alpha value is -2.22. The van der Waals surface area contributed by atoms with Crippen LogP contribution in [0.3, 0.4) is 0 Å². The van der Waals surface area contributed by atoms with E-state index in [2.05, 4.69) is 47.8 Å². The van der Waals surface area contributed by atoms with E-state index in [1.165, 1.54) is 43.4 Å². The van der Waals surface area contributed by atoms with Gasteiger partial charge in [0.2, 0.25) is 5.13 Å². The first-order chi connectivity index (χ1) is 19.1. The SMILES string of the molecule is CCCCCOCCN(CC(CC)CCCC)c1cc(Cl)c(N=Nc2nc3ccccc3s2)cc1OCCC. The maximum Gasteiger partial charge on any atom is 0.231 e. The molecule has 1 aromatic heterocycles. The van der Waals surface area contributed by atoms with Crippen LogP contribution in [-0.4, -0.2) is 37.9 Å². The van der Waals surface area contributed by atoms with Crippen LogP contribution in [0.5, 0.6) is 5.75 Å². The lowest BCUT2D eigenvalue weighted by atomic mass is 9.98. The third-order valence-electron chi connectivity index (χ3n) is 6.78. The summed E-state index contributed by atoms with van der Waals surface area (Å²) >= 11 is 8.32. The quantitative estimate of drug-likeness (QED) is 0.106. The molecule has 3 rings (SSSR count). The van der Waals surface area contributed by atoms with Crippen molar-refractivity contribution in [2.75, 3.05) is 37.8 Å². The fourth-order valence-electron chi connectivity index (χ4n) is 4.45. The summed E-state index contributed by atoms with van der Waals surface area (Å²) < 4.78 is 13.4. The first-order valence-corrected chi connectivity index (χ1v) is 15.8. The third kappa shape index (κ3) is 10.0. The van der Waals surface area contributed by atoms with Crippen molar-refractivity contribution < 1.29 is 9.47 Å². The Bertz CT molecular complexity index is 1120. The molecule has 1 atom stereocenters. The van der Waals surface area contributed by atoms with Gasteiger partial charge in [0, 0.05) is 25.8 Å². The first kappa shape index (κ1) is 31.3. The summed E-state index contributed by atoms with van der Waals surface area (Å²) in [6.45, 7) is 12.7. The van der Waals surface area contributed by atoms with Gasteiger partial charge in [-0.3, -0.25) is 0 Å². The minimum Gasteiger partial charge on any atom is -0.491 e. The molecule has 0 spiro atoms. The molecule has 214 valence electrons. The number of rotatable bonds is 19. The number of hydrogen-bond donors (Lipinski definition) is 0. The van der Waals surface area contributed by atoms with Crippen molar-refractivity contribution >= 4 is 49.7 Å². The predicted molar refractivity (Wildman–Crippen MR) is 167 cm³/mol. The predicted octanol–water partition coefficient (Wildman–Crippen LogP) is 10.4. The zero-order chi connectivity index (χ0) is 27.9. The molecule has 0 amide bonds. The van der Waals surface area contributed by atoms with Crippen molar-refractivity contribution in [2.24, 2.45) is 16.1 Å². The Kier molecular flexibility index (Phi) is 14.0. The highest BCUT2D eigenvalue weighted by Gasteiger charge is 2.20. The topological polar surface area (TPSA) is 59.3 Å². The Morgan fingerprint density at radius 1 is 0.949 bits per heavy atom. The van der Waals surface area contributed by atoms with Gasteiger partial charge in [0.05, 0.1) is 34.1 Å². The van der Waals surface area contributed by atoms with Crippen molar-refractivity contribution in [1.29, 1.82) is 0 Å². The van der Waals surface area contributed by atoms with Gasteiger partial charge >= 0.3 is 0 Å². The molecule has 0 bridgehead atoms. The number of nitrogens with zero attached hydrogens (tertiary/aromatic N) is 4. The monoisotopic (exact) mass is 572 g/mol. The minimum atomic E-state index is 0.550. The zero-order valence-electron chi connectivity index (χ0n) is 24.1. The standard InChI is InChI=1S/C31H45ClN4O2S/c1-5-9-13-19-37-20-17-36(23-24(8-4)14-10-6-2)28-21-25(32)27(22-29(28)38-18-7-3)34-35-31-33-26-15-11-12-16-30(26)39-31/h11-12,15-16,21-22,24H,5-10,13-14,17-20,23H2,1-4H3. The molecule has 0 saturated heterocycles. The molecule has 0 aliphatic heterocycles. The Balaban J connectivity index is 1.86. The number of unbranched alkanes of at least 4 members (excludes halogenated alkanes) is 3. The van der Waals surface area contributed by atoms with Gasteiger partial charge in [-0.05, 0) is 43.4 Å². The largest absolute Gasteiger partial charge is 0.491 e. The van der Waals surface area contributed by atoms with Crippen LogP contribution in [0.1, 0.15) is 79.1 Å². The average molecular weight is 573 g/mol. The van der Waals surface area contributed by atoms with Crippen molar-refractivity contribution in [2.45, 2.75) is 79.1 Å². The van der Waals surface area contributed by atoms with E-state index in [9.17, 15) is 0 Å². The summed E-state index contributed by atoms with van der Waals surface area (Å²) in [7, 11) is 0. The lowest BCUT2D eigenvalue weighted by Crippen LogP contribution is -2.33. The summed E-state index contributed by atoms with van der Waals surface area (Å²) in [5, 5.41) is 10.0. The molecule has 39 heavy (non-hydrogen) atoms. The first-order valence-electron chi connectivity index (χ1n) is 14.7. The van der Waals surface area contributed by atoms with Crippen LogP contribution in [0.25, 0.3) is 10.2 Å². The fraction of sp³-hybridized carbons (Fsp3) is 0.581. The van der Waals surface area contributed by atoms with Gasteiger partial charge in [0.1, 0.15) is 11.4 Å². The number of azo groups is 1. The highest BCUT2D eigenvalue weighted by Crippen LogP contribution is 2.40. The number of aromatic nitrogens is 1. The number of benzene rings is 2. The second-order valence-corrected chi connectivity index (χ2v) is 11.4. The molecule has 0 aliphatic carbocycles. The van der Waals surface area contributed by atoms with Crippen LogP contribution >= 0.6 is 22.9 Å². The molecule has 0 radical (unpaired) electrons. The van der Waals surface area contributed by atoms with Crippen LogP contribution in [0.15, 0.2) is 46.6 Å². The second kappa shape index (κ2) is 17.5. The lowest BCUT2D eigenvalue weighted by Gasteiger charge is -2.31. The van der Waals surface area contributed by atoms with E-state index in [1.54, 1.807) is 0 Å². The number of ether oxygens (including phenoxy) is 2. The number of anilines is 1. The highest BCUT2D eigenvalue weighted by atomic mass is 35.5. The van der Waals surface area contributed by atoms with E-state index >= 15 is 0 Å². The molecule has 0 fully saturated rings. The van der Waals surface area contributed by atoms with Gasteiger partial charge in [-0.15, -0.1) is 10.2 Å². The minimum absolute atomic E-state index is 0.550. The van der Waals surface area contributed by atoms with E-state index in [0.717, 1.165) is 60.6 Å². The Morgan fingerprint density at radius 3 is 2.51 bits per heavy atom. The van der Waals surface area contributed by atoms with E-state index in [1.807, 2.05) is 36.4 Å². The molecule has 1 unspecified atom stereocenters. The van der Waals surface area contributed by atoms with Crippen molar-refractivity contribution in [3.05, 3.63) is 41.4 Å². The van der Waals surface area contributed by atoms with E-state index < -0.39 is 0 Å². The van der Waals surface area contributed by atoms with E-state index in [-0.39, 0.29) is 0 Å². The normalized spacial score (nSPS) is 12.4. The molecule has 6 nitrogen and oxygen atoms in total. The molecule has 1 heterocycles. The maximum atomic E-state index is 6.81. The number of fused-ring (bicyclic) bond motifs is 1. The summed E-state index contributed by atoms with van der Waals surface area (Å²) in [6.07, 6.45) is 9.23. The summed E-state index contributed by atoms with van der Waals surface area (Å²) in [5.74, 6) is 1.39. The summed E-state index contributed by atoms with van der Waals surface area (Å²) in [6, 6.07) is 11.9. The van der Waals surface area contributed by atoms with Gasteiger partial charge < -0.3 is 14.4 Å². The molecule has 0 aliphatic rings. The van der Waals surface area contributed by atoms with Gasteiger partial charge in [0.25, 0.3) is 0 Å². The average Bonchev–Trinajstić information content (AvgIpc) is 3.37. The molecular weight excluding hydrogens is 528 g/mol. The molecule has 3 aromatic rings. The highest BCUT2D eigenvalue weighted by molar-refractivity contribution is 7.21. The lowest BCUT2D eigenvalue weighted by molar-refractivity contribution is 0.135. The Labute approximate surface area is 243 Å². The zero-order valence-corrected chi connectivity index (χ0v) is 25.7. The van der Waals surface area contributed by atoms with Crippen LogP contribution in [0.4, 0.5) is 16.5 Å². The van der Waals surface area contributed by atoms with Gasteiger partial charge in [-0.2, -0.15) is 0 Å². The van der Waals surface area contributed by atoms with Gasteiger partial charge in [-0.1, -0.05) is 94.9 Å². The van der Waals surface area contributed by atoms with Crippen molar-refractivity contribution in [3.8, 4) is 5.75 Å². The van der Waals surface area contributed by atoms with Crippen LogP contribution in [0, 0.1) is 5.92 Å². The summed E-state index contributed by atoms with van der Waals surface area (Å²) in [5.41, 5.74) is 2.50. The second-order valence-electron chi connectivity index (χ2n) is 9.97. The molecule has 0 N–H and O–H groups in total. The smallest absolute Gasteiger partial charge is 0.231 e. The van der Waals surface area contributed by atoms with E-state index in [4.69, 9.17) is 21.1 Å². The maximum absolute atomic E-state index is 6.81. The molecule has 8 heteroatoms. The molecule has 2 aromatic carbocycles. The van der Waals surface area contributed by atoms with Crippen molar-refractivity contribution in [1.82, 2.24) is 4.98 Å². The van der Waals surface area contributed by atoms with Crippen molar-refractivity contribution in [3.63, 3.8) is 0 Å². The number of thiazole rings is 1. The fourth-order valence-corrected chi connectivity index (χ4v) is 5.44. The molecular formula is C31H45ClN4O2S. The van der Waals surface area contributed by atoms with E-state index in [0.29, 0.717) is 35.0 Å². The van der Waals surface area contributed by atoms with Gasteiger partial charge in [0.15, 0.2) is 0 Å². The number of para-hydroxylation sites is 1. The Morgan fingerprint density at radius 2 is 1.77 bits per heavy atom. The van der Waals surface area contributed by atoms with Crippen LogP contribution < -0.4 is 9.64 Å². The van der Waals surface area contributed by atoms with Gasteiger partial charge in [-0.25, -0.2) is 4.98 Å². The third-order valence-corrected chi connectivity index (χ3v) is 8.00. The van der Waals surface area contributed by atoms with Crippen LogP contribution in [-0.2, 0) is 4.74 Å². The molecule has 0 saturated carbocycles. The summed E-state index contributed by atoms with van der Waals surface area (Å²) in [4.78, 5) is 6.96.